The van der Waals surface area contributed by atoms with Gasteiger partial charge in [0, 0.05) is 0 Å². The minimum Gasteiger partial charge on any atom is -0.320 e. The second-order valence-electron chi connectivity index (χ2n) is 3.64. The molecule has 2 N–H and O–H groups in total. The maximum atomic E-state index is 6.11. The summed E-state index contributed by atoms with van der Waals surface area (Å²) in [4.78, 5) is 0.998. The molecule has 0 fully saturated rings. The predicted molar refractivity (Wildman–Crippen MR) is 61.9 cm³/mol. The maximum absolute atomic E-state index is 6.11. The highest BCUT2D eigenvalue weighted by Gasteiger charge is 2.11. The fourth-order valence-corrected chi connectivity index (χ4v) is 1.97. The van der Waals surface area contributed by atoms with E-state index in [9.17, 15) is 0 Å². The maximum Gasteiger partial charge on any atom is 0.0678 e. The van der Waals surface area contributed by atoms with Crippen LogP contribution >= 0.6 is 11.5 Å². The fourth-order valence-electron chi connectivity index (χ4n) is 1.43. The average molecular weight is 219 g/mol. The molecule has 0 aliphatic carbocycles. The Hall–Kier alpha value is -1.26. The van der Waals surface area contributed by atoms with Crippen molar-refractivity contribution in [1.82, 2.24) is 9.59 Å². The highest BCUT2D eigenvalue weighted by Crippen LogP contribution is 2.22. The monoisotopic (exact) mass is 219 g/mol. The van der Waals surface area contributed by atoms with Gasteiger partial charge >= 0.3 is 0 Å². The molecular formula is C11H13N3S. The molecule has 1 unspecified atom stereocenters. The number of nitrogens with two attached hydrogens (primary N) is 1. The van der Waals surface area contributed by atoms with E-state index in [4.69, 9.17) is 5.73 Å². The van der Waals surface area contributed by atoms with Gasteiger partial charge in [-0.3, -0.25) is 0 Å². The van der Waals surface area contributed by atoms with Gasteiger partial charge in [-0.25, -0.2) is 0 Å². The Labute approximate surface area is 93.1 Å². The summed E-state index contributed by atoms with van der Waals surface area (Å²) in [6.07, 6.45) is 1.73. The van der Waals surface area contributed by atoms with E-state index < -0.39 is 0 Å². The minimum absolute atomic E-state index is 0.107. The van der Waals surface area contributed by atoms with Gasteiger partial charge in [0.15, 0.2) is 0 Å². The molecular weight excluding hydrogens is 206 g/mol. The van der Waals surface area contributed by atoms with Gasteiger partial charge in [0.05, 0.1) is 17.1 Å². The van der Waals surface area contributed by atoms with Crippen LogP contribution in [0, 0.1) is 13.8 Å². The van der Waals surface area contributed by atoms with Gasteiger partial charge in [0.25, 0.3) is 0 Å². The standard InChI is InChI=1S/C11H13N3S/c1-7-3-4-9(5-8(7)2)11(12)10-6-13-14-15-10/h3-6,11H,12H2,1-2H3. The zero-order valence-corrected chi connectivity index (χ0v) is 9.58. The lowest BCUT2D eigenvalue weighted by atomic mass is 10.0. The van der Waals surface area contributed by atoms with Gasteiger partial charge in [-0.1, -0.05) is 22.7 Å². The third kappa shape index (κ3) is 2.06. The lowest BCUT2D eigenvalue weighted by molar-refractivity contribution is 0.885. The van der Waals surface area contributed by atoms with Gasteiger partial charge in [0.2, 0.25) is 0 Å². The largest absolute Gasteiger partial charge is 0.320 e. The van der Waals surface area contributed by atoms with Crippen LogP contribution in [0.3, 0.4) is 0 Å². The van der Waals surface area contributed by atoms with Gasteiger partial charge in [-0.05, 0) is 42.1 Å². The average Bonchev–Trinajstić information content (AvgIpc) is 2.74. The Kier molecular flexibility index (Phi) is 2.79. The highest BCUT2D eigenvalue weighted by atomic mass is 32.1. The van der Waals surface area contributed by atoms with Crippen molar-refractivity contribution in [3.8, 4) is 0 Å². The molecule has 0 aliphatic heterocycles. The second kappa shape index (κ2) is 4.08. The number of nitrogens with zero attached hydrogens (tertiary/aromatic N) is 2. The molecule has 1 atom stereocenters. The number of aromatic nitrogens is 2. The molecule has 0 saturated carbocycles. The van der Waals surface area contributed by atoms with Crippen molar-refractivity contribution in [1.29, 1.82) is 0 Å². The molecule has 1 aromatic carbocycles. The van der Waals surface area contributed by atoms with Crippen molar-refractivity contribution in [2.75, 3.05) is 0 Å². The van der Waals surface area contributed by atoms with E-state index in [-0.39, 0.29) is 6.04 Å². The van der Waals surface area contributed by atoms with Crippen molar-refractivity contribution in [2.45, 2.75) is 19.9 Å². The second-order valence-corrected chi connectivity index (χ2v) is 4.46. The summed E-state index contributed by atoms with van der Waals surface area (Å²) >= 11 is 1.35. The van der Waals surface area contributed by atoms with Crippen molar-refractivity contribution in [2.24, 2.45) is 5.73 Å². The number of aryl methyl sites for hydroxylation is 2. The van der Waals surface area contributed by atoms with E-state index in [1.165, 1.54) is 22.7 Å². The minimum atomic E-state index is -0.107. The first kappa shape index (κ1) is 10.3. The summed E-state index contributed by atoms with van der Waals surface area (Å²) in [6.45, 7) is 4.19. The normalized spacial score (nSPS) is 12.7. The molecule has 0 aliphatic rings. The number of hydrogen-bond donors (Lipinski definition) is 1. The van der Waals surface area contributed by atoms with Crippen LogP contribution in [-0.4, -0.2) is 9.59 Å². The Bertz CT molecular complexity index is 451. The molecule has 4 heteroatoms. The molecule has 0 radical (unpaired) electrons. The molecule has 1 aromatic heterocycles. The Morgan fingerprint density at radius 3 is 2.67 bits per heavy atom. The summed E-state index contributed by atoms with van der Waals surface area (Å²) in [5.41, 5.74) is 9.77. The first-order valence-electron chi connectivity index (χ1n) is 4.78. The smallest absolute Gasteiger partial charge is 0.0678 e. The summed E-state index contributed by atoms with van der Waals surface area (Å²) in [5.74, 6) is 0. The van der Waals surface area contributed by atoms with Crippen molar-refractivity contribution in [3.63, 3.8) is 0 Å². The molecule has 3 nitrogen and oxygen atoms in total. The van der Waals surface area contributed by atoms with Crippen LogP contribution in [0.5, 0.6) is 0 Å². The molecule has 2 rings (SSSR count). The Morgan fingerprint density at radius 1 is 1.27 bits per heavy atom. The molecule has 15 heavy (non-hydrogen) atoms. The number of benzene rings is 1. The van der Waals surface area contributed by atoms with Crippen LogP contribution < -0.4 is 5.73 Å². The topological polar surface area (TPSA) is 51.8 Å². The summed E-state index contributed by atoms with van der Waals surface area (Å²) in [7, 11) is 0. The van der Waals surface area contributed by atoms with Gasteiger partial charge in [-0.2, -0.15) is 0 Å². The van der Waals surface area contributed by atoms with Crippen LogP contribution in [-0.2, 0) is 0 Å². The molecule has 0 bridgehead atoms. The van der Waals surface area contributed by atoms with E-state index in [2.05, 4.69) is 41.6 Å². The zero-order valence-electron chi connectivity index (χ0n) is 8.77. The third-order valence-corrected chi connectivity index (χ3v) is 3.32. The van der Waals surface area contributed by atoms with Crippen LogP contribution in [0.25, 0.3) is 0 Å². The van der Waals surface area contributed by atoms with Crippen molar-refractivity contribution in [3.05, 3.63) is 46.0 Å². The molecule has 0 spiro atoms. The van der Waals surface area contributed by atoms with Crippen LogP contribution in [0.2, 0.25) is 0 Å². The molecule has 78 valence electrons. The molecule has 2 aromatic rings. The SMILES string of the molecule is Cc1ccc(C(N)c2cnns2)cc1C. The van der Waals surface area contributed by atoms with Crippen molar-refractivity contribution < 1.29 is 0 Å². The zero-order chi connectivity index (χ0) is 10.8. The van der Waals surface area contributed by atoms with E-state index >= 15 is 0 Å². The fraction of sp³-hybridized carbons (Fsp3) is 0.273. The molecule has 0 amide bonds. The van der Waals surface area contributed by atoms with Gasteiger partial charge in [-0.15, -0.1) is 5.10 Å². The van der Waals surface area contributed by atoms with Crippen LogP contribution in [0.4, 0.5) is 0 Å². The number of rotatable bonds is 2. The Balaban J connectivity index is 2.34. The van der Waals surface area contributed by atoms with Gasteiger partial charge in [0.1, 0.15) is 0 Å². The third-order valence-electron chi connectivity index (χ3n) is 2.57. The predicted octanol–water partition coefficient (Wildman–Crippen LogP) is 2.20. The molecule has 0 saturated heterocycles. The summed E-state index contributed by atoms with van der Waals surface area (Å²) in [6, 6.07) is 6.18. The van der Waals surface area contributed by atoms with Gasteiger partial charge < -0.3 is 5.73 Å². The van der Waals surface area contributed by atoms with E-state index in [1.54, 1.807) is 6.20 Å². The van der Waals surface area contributed by atoms with E-state index in [0.29, 0.717) is 0 Å². The Morgan fingerprint density at radius 2 is 2.07 bits per heavy atom. The first-order chi connectivity index (χ1) is 7.18. The van der Waals surface area contributed by atoms with E-state index in [1.807, 2.05) is 0 Å². The highest BCUT2D eigenvalue weighted by molar-refractivity contribution is 7.05. The summed E-state index contributed by atoms with van der Waals surface area (Å²) in [5, 5.41) is 3.80. The summed E-state index contributed by atoms with van der Waals surface area (Å²) < 4.78 is 3.82. The lowest BCUT2D eigenvalue weighted by Gasteiger charge is -2.10. The lowest BCUT2D eigenvalue weighted by Crippen LogP contribution is -2.10. The quantitative estimate of drug-likeness (QED) is 0.842. The van der Waals surface area contributed by atoms with Crippen LogP contribution in [0.15, 0.2) is 24.4 Å². The number of hydrogen-bond acceptors (Lipinski definition) is 4. The molecule has 1 heterocycles. The first-order valence-corrected chi connectivity index (χ1v) is 5.56. The van der Waals surface area contributed by atoms with Crippen LogP contribution in [0.1, 0.15) is 27.6 Å². The van der Waals surface area contributed by atoms with Crippen molar-refractivity contribution >= 4 is 11.5 Å². The van der Waals surface area contributed by atoms with E-state index in [0.717, 1.165) is 10.4 Å².